The monoisotopic (exact) mass is 335 g/mol. The third kappa shape index (κ3) is 2.65. The highest BCUT2D eigenvalue weighted by molar-refractivity contribution is 9.10. The van der Waals surface area contributed by atoms with E-state index in [2.05, 4.69) is 15.9 Å². The number of hydrogen-bond donors (Lipinski definition) is 0. The first kappa shape index (κ1) is 14.1. The first-order valence-electron chi connectivity index (χ1n) is 7.65. The zero-order chi connectivity index (χ0) is 14.2. The molecule has 0 radical (unpaired) electrons. The van der Waals surface area contributed by atoms with Crippen molar-refractivity contribution >= 4 is 21.8 Å². The zero-order valence-corrected chi connectivity index (χ0v) is 13.7. The minimum Gasteiger partial charge on any atom is -0.339 e. The Morgan fingerprint density at radius 2 is 1.80 bits per heavy atom. The molecular weight excluding hydrogens is 314 g/mol. The maximum atomic E-state index is 12.6. The molecule has 1 saturated carbocycles. The highest BCUT2D eigenvalue weighted by Crippen LogP contribution is 2.46. The Labute approximate surface area is 129 Å². The lowest BCUT2D eigenvalue weighted by molar-refractivity contribution is 0.0587. The fourth-order valence-corrected chi connectivity index (χ4v) is 4.02. The lowest BCUT2D eigenvalue weighted by Gasteiger charge is -2.39. The van der Waals surface area contributed by atoms with Crippen molar-refractivity contribution in [1.29, 1.82) is 0 Å². The molecule has 1 amide bonds. The molecule has 0 aromatic heterocycles. The summed E-state index contributed by atoms with van der Waals surface area (Å²) in [4.78, 5) is 14.6. The highest BCUT2D eigenvalue weighted by Gasteiger charge is 2.38. The Morgan fingerprint density at radius 1 is 1.15 bits per heavy atom. The largest absolute Gasteiger partial charge is 0.339 e. The van der Waals surface area contributed by atoms with Crippen molar-refractivity contribution in [3.05, 3.63) is 33.8 Å². The molecule has 1 aliphatic heterocycles. The van der Waals surface area contributed by atoms with E-state index in [1.54, 1.807) is 0 Å². The standard InChI is InChI=1S/C17H22BrNO/c1-13-12-14(4-5-15(13)18)16(20)19-10-8-17(9-11-19)6-2-3-7-17/h4-5,12H,2-3,6-11H2,1H3. The first-order chi connectivity index (χ1) is 9.60. The van der Waals surface area contributed by atoms with Gasteiger partial charge in [0.15, 0.2) is 0 Å². The molecule has 1 heterocycles. The number of carbonyl (C=O) groups excluding carboxylic acids is 1. The van der Waals surface area contributed by atoms with Gasteiger partial charge in [-0.25, -0.2) is 0 Å². The Balaban J connectivity index is 1.68. The quantitative estimate of drug-likeness (QED) is 0.736. The highest BCUT2D eigenvalue weighted by atomic mass is 79.9. The van der Waals surface area contributed by atoms with Gasteiger partial charge < -0.3 is 4.90 Å². The summed E-state index contributed by atoms with van der Waals surface area (Å²) in [6.45, 7) is 3.91. The summed E-state index contributed by atoms with van der Waals surface area (Å²) in [7, 11) is 0. The van der Waals surface area contributed by atoms with Crippen molar-refractivity contribution < 1.29 is 4.79 Å². The Bertz CT molecular complexity index is 510. The van der Waals surface area contributed by atoms with Crippen LogP contribution < -0.4 is 0 Å². The van der Waals surface area contributed by atoms with E-state index >= 15 is 0 Å². The second-order valence-corrected chi connectivity index (χ2v) is 7.32. The molecule has 0 N–H and O–H groups in total. The number of rotatable bonds is 1. The molecule has 0 atom stereocenters. The predicted octanol–water partition coefficient (Wildman–Crippen LogP) is 4.55. The molecule has 0 bridgehead atoms. The second-order valence-electron chi connectivity index (χ2n) is 6.46. The van der Waals surface area contributed by atoms with E-state index in [0.29, 0.717) is 5.41 Å². The van der Waals surface area contributed by atoms with Crippen LogP contribution in [0.15, 0.2) is 22.7 Å². The molecule has 2 nitrogen and oxygen atoms in total. The molecular formula is C17H22BrNO. The molecule has 3 heteroatoms. The van der Waals surface area contributed by atoms with Gasteiger partial charge in [0.2, 0.25) is 0 Å². The molecule has 20 heavy (non-hydrogen) atoms. The summed E-state index contributed by atoms with van der Waals surface area (Å²) in [5.74, 6) is 0.202. The first-order valence-corrected chi connectivity index (χ1v) is 8.44. The number of halogens is 1. The molecule has 2 fully saturated rings. The van der Waals surface area contributed by atoms with Crippen LogP contribution in [-0.4, -0.2) is 23.9 Å². The third-order valence-corrected chi connectivity index (χ3v) is 6.07. The number of benzene rings is 1. The summed E-state index contributed by atoms with van der Waals surface area (Å²) in [5, 5.41) is 0. The van der Waals surface area contributed by atoms with Gasteiger partial charge in [-0.3, -0.25) is 4.79 Å². The number of carbonyl (C=O) groups is 1. The molecule has 1 saturated heterocycles. The molecule has 0 unspecified atom stereocenters. The van der Waals surface area contributed by atoms with Crippen LogP contribution in [0.5, 0.6) is 0 Å². The van der Waals surface area contributed by atoms with Crippen LogP contribution in [0.2, 0.25) is 0 Å². The van der Waals surface area contributed by atoms with Crippen LogP contribution in [0, 0.1) is 12.3 Å². The average molecular weight is 336 g/mol. The molecule has 1 aromatic rings. The molecule has 1 spiro atoms. The van der Waals surface area contributed by atoms with Crippen LogP contribution in [0.25, 0.3) is 0 Å². The normalized spacial score (nSPS) is 21.4. The van der Waals surface area contributed by atoms with E-state index in [1.165, 1.54) is 38.5 Å². The lowest BCUT2D eigenvalue weighted by Crippen LogP contribution is -2.42. The van der Waals surface area contributed by atoms with Gasteiger partial charge in [-0.1, -0.05) is 28.8 Å². The SMILES string of the molecule is Cc1cc(C(=O)N2CCC3(CCCC3)CC2)ccc1Br. The van der Waals surface area contributed by atoms with Crippen LogP contribution in [0.3, 0.4) is 0 Å². The second kappa shape index (κ2) is 5.51. The maximum Gasteiger partial charge on any atom is 0.253 e. The van der Waals surface area contributed by atoms with E-state index in [4.69, 9.17) is 0 Å². The van der Waals surface area contributed by atoms with E-state index in [9.17, 15) is 4.79 Å². The number of nitrogens with zero attached hydrogens (tertiary/aromatic N) is 1. The van der Waals surface area contributed by atoms with Crippen LogP contribution in [0.1, 0.15) is 54.4 Å². The van der Waals surface area contributed by atoms with Crippen LogP contribution in [0.4, 0.5) is 0 Å². The molecule has 1 aromatic carbocycles. The van der Waals surface area contributed by atoms with Crippen molar-refractivity contribution in [3.63, 3.8) is 0 Å². The van der Waals surface area contributed by atoms with Gasteiger partial charge in [-0.15, -0.1) is 0 Å². The number of aryl methyl sites for hydroxylation is 1. The van der Waals surface area contributed by atoms with Crippen molar-refractivity contribution in [3.8, 4) is 0 Å². The van der Waals surface area contributed by atoms with Crippen molar-refractivity contribution in [2.24, 2.45) is 5.41 Å². The van der Waals surface area contributed by atoms with E-state index in [-0.39, 0.29) is 5.91 Å². The van der Waals surface area contributed by atoms with Gasteiger partial charge in [0, 0.05) is 23.1 Å². The summed E-state index contributed by atoms with van der Waals surface area (Å²) < 4.78 is 1.07. The number of piperidine rings is 1. The molecule has 108 valence electrons. The topological polar surface area (TPSA) is 20.3 Å². The summed E-state index contributed by atoms with van der Waals surface area (Å²) >= 11 is 3.49. The lowest BCUT2D eigenvalue weighted by atomic mass is 9.77. The van der Waals surface area contributed by atoms with Gasteiger partial charge in [0.25, 0.3) is 5.91 Å². The summed E-state index contributed by atoms with van der Waals surface area (Å²) in [6.07, 6.45) is 7.95. The number of likely N-dealkylation sites (tertiary alicyclic amines) is 1. The third-order valence-electron chi connectivity index (χ3n) is 5.18. The van der Waals surface area contributed by atoms with E-state index < -0.39 is 0 Å². The maximum absolute atomic E-state index is 12.6. The van der Waals surface area contributed by atoms with E-state index in [0.717, 1.165) is 28.7 Å². The Morgan fingerprint density at radius 3 is 2.40 bits per heavy atom. The fraction of sp³-hybridized carbons (Fsp3) is 0.588. The fourth-order valence-electron chi connectivity index (χ4n) is 3.77. The molecule has 2 aliphatic rings. The van der Waals surface area contributed by atoms with Gasteiger partial charge >= 0.3 is 0 Å². The minimum absolute atomic E-state index is 0.202. The van der Waals surface area contributed by atoms with Crippen LogP contribution in [-0.2, 0) is 0 Å². The summed E-state index contributed by atoms with van der Waals surface area (Å²) in [6, 6.07) is 5.90. The van der Waals surface area contributed by atoms with Crippen molar-refractivity contribution in [2.45, 2.75) is 45.4 Å². The average Bonchev–Trinajstić information content (AvgIpc) is 2.90. The Kier molecular flexibility index (Phi) is 3.89. The molecule has 3 rings (SSSR count). The van der Waals surface area contributed by atoms with Gasteiger partial charge in [0.1, 0.15) is 0 Å². The predicted molar refractivity (Wildman–Crippen MR) is 84.9 cm³/mol. The number of amides is 1. The molecule has 1 aliphatic carbocycles. The zero-order valence-electron chi connectivity index (χ0n) is 12.1. The van der Waals surface area contributed by atoms with Crippen LogP contribution >= 0.6 is 15.9 Å². The Hall–Kier alpha value is -0.830. The van der Waals surface area contributed by atoms with Crippen molar-refractivity contribution in [2.75, 3.05) is 13.1 Å². The van der Waals surface area contributed by atoms with Crippen molar-refractivity contribution in [1.82, 2.24) is 4.90 Å². The van der Waals surface area contributed by atoms with Gasteiger partial charge in [-0.2, -0.15) is 0 Å². The van der Waals surface area contributed by atoms with E-state index in [1.807, 2.05) is 30.0 Å². The number of hydrogen-bond acceptors (Lipinski definition) is 1. The van der Waals surface area contributed by atoms with Gasteiger partial charge in [0.05, 0.1) is 0 Å². The smallest absolute Gasteiger partial charge is 0.253 e. The minimum atomic E-state index is 0.202. The summed E-state index contributed by atoms with van der Waals surface area (Å²) in [5.41, 5.74) is 2.53. The van der Waals surface area contributed by atoms with Gasteiger partial charge in [-0.05, 0) is 61.8 Å².